The van der Waals surface area contributed by atoms with E-state index in [0.717, 1.165) is 37.8 Å². The average Bonchev–Trinajstić information content (AvgIpc) is 1.56. The van der Waals surface area contributed by atoms with Crippen LogP contribution < -0.4 is 10.6 Å². The van der Waals surface area contributed by atoms with Crippen molar-refractivity contribution >= 4 is 38.1 Å². The number of ketones is 1. The van der Waals surface area contributed by atoms with Crippen molar-refractivity contribution in [2.75, 3.05) is 0 Å². The van der Waals surface area contributed by atoms with E-state index in [1.54, 1.807) is 11.1 Å². The van der Waals surface area contributed by atoms with Crippen LogP contribution in [0.2, 0.25) is 0 Å². The number of pyridine rings is 3. The van der Waals surface area contributed by atoms with Crippen molar-refractivity contribution in [2.45, 2.75) is 276 Å². The normalized spacial score (nSPS) is 42.0. The molecule has 6 bridgehead atoms. The van der Waals surface area contributed by atoms with Crippen LogP contribution >= 0.6 is 0 Å². The molecule has 23 rings (SSSR count). The van der Waals surface area contributed by atoms with E-state index in [4.69, 9.17) is 14.2 Å². The Hall–Kier alpha value is -6.20. The van der Waals surface area contributed by atoms with Gasteiger partial charge in [0.15, 0.2) is 0 Å². The summed E-state index contributed by atoms with van der Waals surface area (Å²) in [5.41, 5.74) is 13.7. The Morgan fingerprint density at radius 3 is 1.15 bits per heavy atom. The molecular formula is C90H101N5O4. The topological polar surface area (TPSA) is 107 Å². The lowest BCUT2D eigenvalue weighted by Crippen LogP contribution is -2.55. The number of rotatable bonds is 7. The molecule has 6 aliphatic heterocycles. The van der Waals surface area contributed by atoms with Gasteiger partial charge in [0.1, 0.15) is 5.78 Å². The number of Topliss-reactive ketones (excluding diaryl/α,β-unsaturated/α-hetero) is 1. The predicted molar refractivity (Wildman–Crippen MR) is 392 cm³/mol. The molecule has 17 aliphatic rings. The first-order valence-corrected chi connectivity index (χ1v) is 39.6. The Balaban J connectivity index is 0.0000000977. The Labute approximate surface area is 586 Å². The van der Waals surface area contributed by atoms with Gasteiger partial charge in [-0.25, -0.2) is 0 Å². The van der Waals surface area contributed by atoms with Gasteiger partial charge in [-0.05, 0) is 321 Å². The maximum Gasteiger partial charge on any atom is 0.136 e. The van der Waals surface area contributed by atoms with Crippen molar-refractivity contribution in [3.8, 4) is 0 Å². The first-order valence-electron chi connectivity index (χ1n) is 39.6. The number of hydrogen-bond acceptors (Lipinski definition) is 9. The van der Waals surface area contributed by atoms with E-state index in [-0.39, 0.29) is 49.9 Å². The van der Waals surface area contributed by atoms with Gasteiger partial charge in [-0.1, -0.05) is 93.6 Å². The lowest BCUT2D eigenvalue weighted by Gasteiger charge is -2.54. The second-order valence-corrected chi connectivity index (χ2v) is 36.0. The summed E-state index contributed by atoms with van der Waals surface area (Å²) in [6.45, 7) is 7.66. The average molecular weight is 1320 g/mol. The first kappa shape index (κ1) is 61.5. The van der Waals surface area contributed by atoms with Gasteiger partial charge < -0.3 is 24.8 Å². The van der Waals surface area contributed by atoms with E-state index in [2.05, 4.69) is 156 Å². The molecule has 17 atom stereocenters. The highest BCUT2D eigenvalue weighted by Crippen LogP contribution is 2.73. The van der Waals surface area contributed by atoms with Crippen LogP contribution in [0.25, 0.3) is 32.3 Å². The third-order valence-electron chi connectivity index (χ3n) is 31.2. The second kappa shape index (κ2) is 21.9. The SMILES string of the molecule is C[C@]12CC=C3C=C4CCC(=O)C[C@]45CCC3(O5)[C@@H]1CC[C@@H]2c1ccc2ccncc2c1.C[C@]12CC=C3C=C4CC[C@@H](NC5CC5)C[C@]45CCC3(O5)[C@@H]1CC[C@@H]2c1ccc2ccncc2c1.C[C@]12CC=C3C=C4CC[C@H](NC5CC5)C[C@]45CCC3(O5)[C@@H]1CC[C@@H]2c1ccc2ccncc2c1. The molecule has 2 N–H and O–H groups in total. The molecule has 99 heavy (non-hydrogen) atoms. The number of nitrogens with one attached hydrogen (secondary N) is 2. The molecule has 510 valence electrons. The molecule has 11 aliphatic carbocycles. The second-order valence-electron chi connectivity index (χ2n) is 36.0. The van der Waals surface area contributed by atoms with E-state index in [9.17, 15) is 4.79 Å². The first-order chi connectivity index (χ1) is 48.2. The maximum absolute atomic E-state index is 12.4. The van der Waals surface area contributed by atoms with E-state index >= 15 is 0 Å². The largest absolute Gasteiger partial charge is 0.359 e. The molecule has 3 unspecified atom stereocenters. The van der Waals surface area contributed by atoms with Crippen molar-refractivity contribution in [1.29, 1.82) is 0 Å². The summed E-state index contributed by atoms with van der Waals surface area (Å²) in [6.07, 6.45) is 60.1. The lowest BCUT2D eigenvalue weighted by atomic mass is 9.58. The van der Waals surface area contributed by atoms with Crippen LogP contribution in [-0.2, 0) is 19.0 Å². The number of carbonyl (C=O) groups is 1. The smallest absolute Gasteiger partial charge is 0.136 e. The fourth-order valence-corrected chi connectivity index (χ4v) is 26.1. The van der Waals surface area contributed by atoms with Gasteiger partial charge >= 0.3 is 0 Å². The molecule has 3 aromatic carbocycles. The van der Waals surface area contributed by atoms with Crippen molar-refractivity contribution in [3.63, 3.8) is 0 Å². The molecule has 3 saturated heterocycles. The molecular weight excluding hydrogens is 1220 g/mol. The molecule has 11 fully saturated rings. The number of benzene rings is 3. The highest BCUT2D eigenvalue weighted by atomic mass is 16.5. The van der Waals surface area contributed by atoms with Gasteiger partial charge in [0.2, 0.25) is 0 Å². The van der Waals surface area contributed by atoms with E-state index in [0.29, 0.717) is 66.2 Å². The molecule has 8 saturated carbocycles. The summed E-state index contributed by atoms with van der Waals surface area (Å²) >= 11 is 0. The van der Waals surface area contributed by atoms with Gasteiger partial charge in [0, 0.05) is 90.3 Å². The highest BCUT2D eigenvalue weighted by molar-refractivity contribution is 5.85. The minimum atomic E-state index is -0.294. The number of hydrogen-bond donors (Lipinski definition) is 2. The molecule has 9 nitrogen and oxygen atoms in total. The minimum Gasteiger partial charge on any atom is -0.359 e. The van der Waals surface area contributed by atoms with Gasteiger partial charge in [-0.2, -0.15) is 0 Å². The van der Waals surface area contributed by atoms with Crippen molar-refractivity contribution in [3.05, 3.63) is 197 Å². The Morgan fingerprint density at radius 2 is 0.758 bits per heavy atom. The quantitative estimate of drug-likeness (QED) is 0.162. The van der Waals surface area contributed by atoms with Crippen LogP contribution in [0.4, 0.5) is 0 Å². The van der Waals surface area contributed by atoms with E-state index in [1.807, 2.05) is 37.2 Å². The fraction of sp³-hybridized carbons (Fsp3) is 0.556. The van der Waals surface area contributed by atoms with E-state index in [1.165, 1.54) is 213 Å². The van der Waals surface area contributed by atoms with Gasteiger partial charge in [-0.3, -0.25) is 19.7 Å². The molecule has 9 heteroatoms. The summed E-state index contributed by atoms with van der Waals surface area (Å²) in [5.74, 6) is 3.85. The van der Waals surface area contributed by atoms with Crippen LogP contribution in [0.1, 0.15) is 235 Å². The van der Waals surface area contributed by atoms with Crippen molar-refractivity contribution in [1.82, 2.24) is 25.6 Å². The number of nitrogens with zero attached hydrogens (tertiary/aromatic N) is 3. The standard InChI is InChI=1S/2C31H36N2O.C28H29NO2/c2*1-29-12-10-24-17-23-4-5-26(33-25-6-7-25)18-30(23)13-14-31(24,34-30)28(29)9-8-27(29)21-3-2-20-11-15-32-19-22(20)16-21;1-26-10-8-22-15-21-4-5-23(30)16-27(21)11-12-28(22,31-27)25(26)7-6-24(26)19-3-2-18-9-13-29-17-20(18)14-19/h2*2-3,10-11,15-17,19,25-28,33H,4-9,12-14,18H2,1H3;2-3,8-9,13-15,17,24-25H,4-7,10-12,16H2,1H3/t26-,27+,28+,29+,30+,31?;26-,27-,28-,29-,30-,31?;24-,25-,26-,27-,28?/m011/s1. The Kier molecular flexibility index (Phi) is 13.6. The van der Waals surface area contributed by atoms with Gasteiger partial charge in [0.05, 0.1) is 33.6 Å². The van der Waals surface area contributed by atoms with Crippen LogP contribution in [0, 0.1) is 34.0 Å². The number of ether oxygens (including phenoxy) is 3. The molecule has 0 amide bonds. The van der Waals surface area contributed by atoms with Crippen LogP contribution in [0.5, 0.6) is 0 Å². The third kappa shape index (κ3) is 9.19. The van der Waals surface area contributed by atoms with Gasteiger partial charge in [0.25, 0.3) is 0 Å². The molecule has 9 heterocycles. The Bertz CT molecular complexity index is 4400. The Morgan fingerprint density at radius 1 is 0.384 bits per heavy atom. The number of allylic oxidation sites excluding steroid dienone is 3. The fourth-order valence-electron chi connectivity index (χ4n) is 26.1. The van der Waals surface area contributed by atoms with Crippen LogP contribution in [0.15, 0.2) is 180 Å². The molecule has 6 aromatic rings. The van der Waals surface area contributed by atoms with Crippen LogP contribution in [-0.4, -0.2) is 78.5 Å². The summed E-state index contributed by atoms with van der Waals surface area (Å²) in [4.78, 5) is 25.5. The summed E-state index contributed by atoms with van der Waals surface area (Å²) < 4.78 is 22.0. The third-order valence-corrected chi connectivity index (χ3v) is 31.2. The molecule has 3 aromatic heterocycles. The summed E-state index contributed by atoms with van der Waals surface area (Å²) in [6, 6.07) is 30.4. The lowest BCUT2D eigenvalue weighted by molar-refractivity contribution is -0.146. The summed E-state index contributed by atoms with van der Waals surface area (Å²) in [5, 5.41) is 15.5. The minimum absolute atomic E-state index is 0.00705. The summed E-state index contributed by atoms with van der Waals surface area (Å²) in [7, 11) is 0. The molecule has 6 spiro atoms. The number of fused-ring (bicyclic) bond motifs is 6. The van der Waals surface area contributed by atoms with Crippen molar-refractivity contribution < 1.29 is 19.0 Å². The van der Waals surface area contributed by atoms with Crippen molar-refractivity contribution in [2.24, 2.45) is 34.0 Å². The number of carbonyl (C=O) groups excluding carboxylic acids is 1. The monoisotopic (exact) mass is 1320 g/mol. The zero-order valence-corrected chi connectivity index (χ0v) is 58.9. The number of aromatic nitrogens is 3. The van der Waals surface area contributed by atoms with Gasteiger partial charge in [-0.15, -0.1) is 0 Å². The highest BCUT2D eigenvalue weighted by Gasteiger charge is 2.70. The zero-order chi connectivity index (χ0) is 65.9. The van der Waals surface area contributed by atoms with Crippen LogP contribution in [0.3, 0.4) is 0 Å². The maximum atomic E-state index is 12.4. The molecule has 0 radical (unpaired) electrons. The predicted octanol–water partition coefficient (Wildman–Crippen LogP) is 19.2. The zero-order valence-electron chi connectivity index (χ0n) is 58.9. The van der Waals surface area contributed by atoms with E-state index < -0.39 is 0 Å².